The van der Waals surface area contributed by atoms with Gasteiger partial charge in [-0.1, -0.05) is 20.3 Å². The van der Waals surface area contributed by atoms with E-state index in [1.807, 2.05) is 11.8 Å². The van der Waals surface area contributed by atoms with Gasteiger partial charge in [-0.3, -0.25) is 10.1 Å². The van der Waals surface area contributed by atoms with Crippen LogP contribution in [0.15, 0.2) is 0 Å². The Bertz CT molecular complexity index is 315. The molecule has 3 nitrogen and oxygen atoms in total. The van der Waals surface area contributed by atoms with E-state index in [-0.39, 0.29) is 11.7 Å². The van der Waals surface area contributed by atoms with Gasteiger partial charge in [0.05, 0.1) is 11.7 Å². The highest BCUT2D eigenvalue weighted by Crippen LogP contribution is 2.43. The lowest BCUT2D eigenvalue weighted by molar-refractivity contribution is -0.131. The van der Waals surface area contributed by atoms with Gasteiger partial charge in [-0.25, -0.2) is 0 Å². The van der Waals surface area contributed by atoms with Gasteiger partial charge in [0.25, 0.3) is 0 Å². The smallest absolute Gasteiger partial charge is 0.244 e. The van der Waals surface area contributed by atoms with Crippen LogP contribution in [0.1, 0.15) is 52.4 Å². The van der Waals surface area contributed by atoms with Gasteiger partial charge < -0.3 is 4.90 Å². The lowest BCUT2D eigenvalue weighted by Gasteiger charge is -2.25. The zero-order chi connectivity index (χ0) is 13.9. The maximum Gasteiger partial charge on any atom is 0.244 e. The number of hydrogen-bond donors (Lipinski definition) is 1. The molecule has 2 rings (SSSR count). The number of nitrogens with zero attached hydrogens (tertiary/aromatic N) is 1. The minimum absolute atomic E-state index is 0.140. The summed E-state index contributed by atoms with van der Waals surface area (Å²) in [4.78, 5) is 14.6. The van der Waals surface area contributed by atoms with Crippen molar-refractivity contribution >= 4 is 17.7 Å². The molecule has 1 N–H and O–H groups in total. The fourth-order valence-electron chi connectivity index (χ4n) is 2.95. The second-order valence-corrected chi connectivity index (χ2v) is 7.41. The SMILES string of the molecule is CSCCCCCN1C(=O)C2(CC2)NC1CC(C)C. The summed E-state index contributed by atoms with van der Waals surface area (Å²) in [6, 6.07) is 0. The monoisotopic (exact) mass is 284 g/mol. The molecule has 0 radical (unpaired) electrons. The third-order valence-electron chi connectivity index (χ3n) is 4.18. The highest BCUT2D eigenvalue weighted by atomic mass is 32.2. The van der Waals surface area contributed by atoms with Crippen LogP contribution in [0.5, 0.6) is 0 Å². The van der Waals surface area contributed by atoms with Gasteiger partial charge in [0.15, 0.2) is 0 Å². The Morgan fingerprint density at radius 3 is 2.68 bits per heavy atom. The van der Waals surface area contributed by atoms with Crippen molar-refractivity contribution in [2.75, 3.05) is 18.6 Å². The first-order valence-corrected chi connectivity index (χ1v) is 9.06. The van der Waals surface area contributed by atoms with Crippen molar-refractivity contribution in [2.24, 2.45) is 5.92 Å². The average molecular weight is 284 g/mol. The lowest BCUT2D eigenvalue weighted by Crippen LogP contribution is -2.39. The average Bonchev–Trinajstić information content (AvgIpc) is 3.08. The zero-order valence-electron chi connectivity index (χ0n) is 12.6. The number of rotatable bonds is 8. The van der Waals surface area contributed by atoms with Gasteiger partial charge in [-0.05, 0) is 50.0 Å². The van der Waals surface area contributed by atoms with Crippen LogP contribution in [0, 0.1) is 5.92 Å². The largest absolute Gasteiger partial charge is 0.326 e. The van der Waals surface area contributed by atoms with Crippen molar-refractivity contribution in [1.82, 2.24) is 10.2 Å². The van der Waals surface area contributed by atoms with E-state index >= 15 is 0 Å². The van der Waals surface area contributed by atoms with Crippen LogP contribution in [0.25, 0.3) is 0 Å². The summed E-state index contributed by atoms with van der Waals surface area (Å²) >= 11 is 1.91. The van der Waals surface area contributed by atoms with Crippen LogP contribution in [-0.2, 0) is 4.79 Å². The highest BCUT2D eigenvalue weighted by molar-refractivity contribution is 7.98. The minimum Gasteiger partial charge on any atom is -0.326 e. The first-order valence-electron chi connectivity index (χ1n) is 7.67. The summed E-state index contributed by atoms with van der Waals surface area (Å²) in [5.74, 6) is 2.26. The summed E-state index contributed by atoms with van der Waals surface area (Å²) in [7, 11) is 0. The summed E-state index contributed by atoms with van der Waals surface area (Å²) in [5, 5.41) is 3.60. The van der Waals surface area contributed by atoms with E-state index in [0.29, 0.717) is 11.8 Å². The maximum absolute atomic E-state index is 12.5. The number of unbranched alkanes of at least 4 members (excludes halogenated alkanes) is 2. The summed E-state index contributed by atoms with van der Waals surface area (Å²) in [6.45, 7) is 5.42. The molecular formula is C15H28N2OS. The molecule has 0 aromatic rings. The van der Waals surface area contributed by atoms with E-state index < -0.39 is 0 Å². The van der Waals surface area contributed by atoms with Gasteiger partial charge >= 0.3 is 0 Å². The van der Waals surface area contributed by atoms with Gasteiger partial charge in [-0.15, -0.1) is 0 Å². The van der Waals surface area contributed by atoms with E-state index in [4.69, 9.17) is 0 Å². The molecule has 0 bridgehead atoms. The molecule has 1 spiro atoms. The Morgan fingerprint density at radius 1 is 1.37 bits per heavy atom. The van der Waals surface area contributed by atoms with Crippen molar-refractivity contribution < 1.29 is 4.79 Å². The minimum atomic E-state index is -0.140. The van der Waals surface area contributed by atoms with E-state index in [0.717, 1.165) is 32.2 Å². The van der Waals surface area contributed by atoms with Crippen molar-refractivity contribution in [3.63, 3.8) is 0 Å². The number of carbonyl (C=O) groups is 1. The molecule has 110 valence electrons. The molecular weight excluding hydrogens is 256 g/mol. The highest BCUT2D eigenvalue weighted by Gasteiger charge is 2.58. The van der Waals surface area contributed by atoms with Gasteiger partial charge in [0, 0.05) is 6.54 Å². The molecule has 1 saturated heterocycles. The van der Waals surface area contributed by atoms with Crippen LogP contribution in [0.2, 0.25) is 0 Å². The Morgan fingerprint density at radius 2 is 2.11 bits per heavy atom. The third-order valence-corrected chi connectivity index (χ3v) is 4.88. The van der Waals surface area contributed by atoms with Crippen LogP contribution in [0.4, 0.5) is 0 Å². The molecule has 2 aliphatic rings. The maximum atomic E-state index is 12.5. The molecule has 4 heteroatoms. The predicted octanol–water partition coefficient (Wildman–Crippen LogP) is 2.86. The number of thioether (sulfide) groups is 1. The second kappa shape index (κ2) is 6.49. The molecule has 1 heterocycles. The van der Waals surface area contributed by atoms with Crippen LogP contribution >= 0.6 is 11.8 Å². The number of amides is 1. The lowest BCUT2D eigenvalue weighted by atomic mass is 10.1. The zero-order valence-corrected chi connectivity index (χ0v) is 13.4. The standard InChI is InChI=1S/C15H28N2OS/c1-12(2)11-13-16-15(7-8-15)14(18)17(13)9-5-4-6-10-19-3/h12-13,16H,4-11H2,1-3H3. The molecule has 1 aliphatic heterocycles. The Kier molecular flexibility index (Phi) is 5.18. The predicted molar refractivity (Wildman–Crippen MR) is 82.3 cm³/mol. The summed E-state index contributed by atoms with van der Waals surface area (Å²) in [5.41, 5.74) is -0.140. The molecule has 1 amide bonds. The van der Waals surface area contributed by atoms with E-state index in [2.05, 4.69) is 30.3 Å². The van der Waals surface area contributed by atoms with Crippen LogP contribution in [-0.4, -0.2) is 41.1 Å². The molecule has 1 aliphatic carbocycles. The third kappa shape index (κ3) is 3.66. The Hall–Kier alpha value is -0.220. The van der Waals surface area contributed by atoms with E-state index in [1.54, 1.807) is 0 Å². The first-order chi connectivity index (χ1) is 9.09. The number of hydrogen-bond acceptors (Lipinski definition) is 3. The number of nitrogens with one attached hydrogen (secondary N) is 1. The quantitative estimate of drug-likeness (QED) is 0.696. The summed E-state index contributed by atoms with van der Waals surface area (Å²) < 4.78 is 0. The van der Waals surface area contributed by atoms with Gasteiger partial charge in [0.2, 0.25) is 5.91 Å². The Balaban J connectivity index is 1.82. The van der Waals surface area contributed by atoms with Gasteiger partial charge in [0.1, 0.15) is 0 Å². The first kappa shape index (κ1) is 15.2. The molecule has 2 fully saturated rings. The second-order valence-electron chi connectivity index (χ2n) is 6.42. The summed E-state index contributed by atoms with van der Waals surface area (Å²) in [6.07, 6.45) is 9.28. The van der Waals surface area contributed by atoms with Crippen molar-refractivity contribution in [2.45, 2.75) is 64.1 Å². The van der Waals surface area contributed by atoms with E-state index in [1.165, 1.54) is 18.6 Å². The fourth-order valence-corrected chi connectivity index (χ4v) is 3.45. The topological polar surface area (TPSA) is 32.3 Å². The molecule has 1 unspecified atom stereocenters. The molecule has 0 aromatic carbocycles. The molecule has 1 atom stereocenters. The molecule has 1 saturated carbocycles. The van der Waals surface area contributed by atoms with Gasteiger partial charge in [-0.2, -0.15) is 11.8 Å². The van der Waals surface area contributed by atoms with Crippen molar-refractivity contribution in [3.8, 4) is 0 Å². The normalized spacial score (nSPS) is 24.7. The molecule has 0 aromatic heterocycles. The number of carbonyl (C=O) groups excluding carboxylic acids is 1. The fraction of sp³-hybridized carbons (Fsp3) is 0.933. The van der Waals surface area contributed by atoms with Crippen molar-refractivity contribution in [3.05, 3.63) is 0 Å². The van der Waals surface area contributed by atoms with Crippen LogP contribution in [0.3, 0.4) is 0 Å². The van der Waals surface area contributed by atoms with E-state index in [9.17, 15) is 4.79 Å². The van der Waals surface area contributed by atoms with Crippen LogP contribution < -0.4 is 5.32 Å². The molecule has 19 heavy (non-hydrogen) atoms. The van der Waals surface area contributed by atoms with Crippen molar-refractivity contribution in [1.29, 1.82) is 0 Å². The Labute approximate surface area is 121 Å².